The third-order valence-corrected chi connectivity index (χ3v) is 6.58. The predicted molar refractivity (Wildman–Crippen MR) is 102 cm³/mol. The summed E-state index contributed by atoms with van der Waals surface area (Å²) in [5, 5.41) is 1.57. The lowest BCUT2D eigenvalue weighted by molar-refractivity contribution is 0.499. The standard InChI is InChI=1S/C20H38OSi/c1-6-8-9-10-11-12-13-14-16-18-19(15-7-2)21-17-20(18)22(3,4)5/h17H,6-16H2,1-5H3. The Bertz CT molecular complexity index is 400. The summed E-state index contributed by atoms with van der Waals surface area (Å²) >= 11 is 0. The van der Waals surface area contributed by atoms with Crippen LogP contribution < -0.4 is 5.19 Å². The quantitative estimate of drug-likeness (QED) is 0.318. The molecule has 0 amide bonds. The van der Waals surface area contributed by atoms with Crippen LogP contribution in [-0.4, -0.2) is 8.07 Å². The highest BCUT2D eigenvalue weighted by Crippen LogP contribution is 2.19. The van der Waals surface area contributed by atoms with E-state index in [1.54, 1.807) is 10.8 Å². The maximum absolute atomic E-state index is 5.92. The van der Waals surface area contributed by atoms with Crippen molar-refractivity contribution in [3.63, 3.8) is 0 Å². The molecule has 0 aliphatic heterocycles. The Balaban J connectivity index is 2.42. The topological polar surface area (TPSA) is 13.1 Å². The summed E-state index contributed by atoms with van der Waals surface area (Å²) in [7, 11) is -1.27. The number of hydrogen-bond donors (Lipinski definition) is 0. The molecule has 1 aromatic rings. The van der Waals surface area contributed by atoms with E-state index in [-0.39, 0.29) is 0 Å². The molecular formula is C20H38OSi. The summed E-state index contributed by atoms with van der Waals surface area (Å²) in [5.41, 5.74) is 1.58. The van der Waals surface area contributed by atoms with E-state index < -0.39 is 8.07 Å². The lowest BCUT2D eigenvalue weighted by Gasteiger charge is -2.17. The van der Waals surface area contributed by atoms with Gasteiger partial charge in [0.2, 0.25) is 0 Å². The average molecular weight is 323 g/mol. The average Bonchev–Trinajstić information content (AvgIpc) is 2.85. The summed E-state index contributed by atoms with van der Waals surface area (Å²) in [6.07, 6.45) is 16.8. The molecule has 1 aromatic heterocycles. The Morgan fingerprint density at radius 3 is 1.91 bits per heavy atom. The van der Waals surface area contributed by atoms with Crippen molar-refractivity contribution in [3.05, 3.63) is 17.6 Å². The largest absolute Gasteiger partial charge is 0.469 e. The third kappa shape index (κ3) is 6.72. The van der Waals surface area contributed by atoms with Gasteiger partial charge in [-0.15, -0.1) is 0 Å². The van der Waals surface area contributed by atoms with Gasteiger partial charge >= 0.3 is 0 Å². The van der Waals surface area contributed by atoms with Gasteiger partial charge in [-0.3, -0.25) is 0 Å². The van der Waals surface area contributed by atoms with Crippen molar-refractivity contribution in [2.75, 3.05) is 0 Å². The Morgan fingerprint density at radius 2 is 1.36 bits per heavy atom. The van der Waals surface area contributed by atoms with Gasteiger partial charge < -0.3 is 4.42 Å². The molecule has 0 aromatic carbocycles. The van der Waals surface area contributed by atoms with Crippen LogP contribution in [0.2, 0.25) is 19.6 Å². The van der Waals surface area contributed by atoms with Gasteiger partial charge in [0.25, 0.3) is 0 Å². The SMILES string of the molecule is CCCCCCCCCCc1c([Si](C)(C)C)coc1CCC. The second-order valence-electron chi connectivity index (χ2n) is 7.78. The van der Waals surface area contributed by atoms with Gasteiger partial charge in [0.15, 0.2) is 0 Å². The molecule has 0 spiro atoms. The molecule has 128 valence electrons. The van der Waals surface area contributed by atoms with Crippen LogP contribution >= 0.6 is 0 Å². The van der Waals surface area contributed by atoms with Crippen molar-refractivity contribution >= 4 is 13.3 Å². The molecule has 2 heteroatoms. The highest BCUT2D eigenvalue weighted by atomic mass is 28.3. The summed E-state index contributed by atoms with van der Waals surface area (Å²) < 4.78 is 5.92. The van der Waals surface area contributed by atoms with Crippen LogP contribution in [0.25, 0.3) is 0 Å². The minimum absolute atomic E-state index is 1.11. The van der Waals surface area contributed by atoms with E-state index in [1.807, 2.05) is 0 Å². The number of rotatable bonds is 12. The summed E-state index contributed by atoms with van der Waals surface area (Å²) in [4.78, 5) is 0. The van der Waals surface area contributed by atoms with Gasteiger partial charge in [-0.1, -0.05) is 78.4 Å². The van der Waals surface area contributed by atoms with Gasteiger partial charge in [-0.05, 0) is 30.0 Å². The number of hydrogen-bond acceptors (Lipinski definition) is 1. The molecule has 0 aliphatic rings. The van der Waals surface area contributed by atoms with E-state index in [9.17, 15) is 0 Å². The summed E-state index contributed by atoms with van der Waals surface area (Å²) in [6.45, 7) is 11.8. The molecule has 0 fully saturated rings. The zero-order valence-electron chi connectivity index (χ0n) is 15.8. The molecule has 0 bridgehead atoms. The number of aryl methyl sites for hydroxylation is 1. The monoisotopic (exact) mass is 322 g/mol. The van der Waals surface area contributed by atoms with Crippen molar-refractivity contribution in [1.82, 2.24) is 0 Å². The van der Waals surface area contributed by atoms with Crippen LogP contribution in [-0.2, 0) is 12.8 Å². The van der Waals surface area contributed by atoms with Crippen LogP contribution in [0.1, 0.15) is 83.0 Å². The summed E-state index contributed by atoms with van der Waals surface area (Å²) in [5.74, 6) is 1.28. The van der Waals surface area contributed by atoms with Gasteiger partial charge in [0.05, 0.1) is 14.3 Å². The molecular weight excluding hydrogens is 284 g/mol. The Morgan fingerprint density at radius 1 is 0.773 bits per heavy atom. The molecule has 0 N–H and O–H groups in total. The second-order valence-corrected chi connectivity index (χ2v) is 12.8. The maximum Gasteiger partial charge on any atom is 0.106 e. The molecule has 0 unspecified atom stereocenters. The fourth-order valence-electron chi connectivity index (χ4n) is 3.20. The van der Waals surface area contributed by atoms with Gasteiger partial charge in [-0.2, -0.15) is 0 Å². The molecule has 0 saturated carbocycles. The zero-order valence-corrected chi connectivity index (χ0v) is 16.8. The first kappa shape index (κ1) is 19.5. The van der Waals surface area contributed by atoms with Gasteiger partial charge in [-0.25, -0.2) is 0 Å². The van der Waals surface area contributed by atoms with E-state index in [2.05, 4.69) is 39.8 Å². The first-order chi connectivity index (χ1) is 10.5. The van der Waals surface area contributed by atoms with E-state index in [0.717, 1.165) is 6.42 Å². The Kier molecular flexibility index (Phi) is 9.15. The van der Waals surface area contributed by atoms with Crippen molar-refractivity contribution in [2.45, 2.75) is 104 Å². The first-order valence-corrected chi connectivity index (χ1v) is 13.1. The van der Waals surface area contributed by atoms with E-state index >= 15 is 0 Å². The van der Waals surface area contributed by atoms with E-state index in [4.69, 9.17) is 4.42 Å². The minimum Gasteiger partial charge on any atom is -0.469 e. The van der Waals surface area contributed by atoms with Crippen molar-refractivity contribution < 1.29 is 4.42 Å². The normalized spacial score (nSPS) is 12.0. The molecule has 0 saturated heterocycles. The van der Waals surface area contributed by atoms with Crippen molar-refractivity contribution in [1.29, 1.82) is 0 Å². The molecule has 0 atom stereocenters. The highest BCUT2D eigenvalue weighted by molar-refractivity contribution is 6.89. The van der Waals surface area contributed by atoms with Crippen LogP contribution in [0.4, 0.5) is 0 Å². The van der Waals surface area contributed by atoms with E-state index in [0.29, 0.717) is 0 Å². The Labute approximate surface area is 139 Å². The molecule has 1 rings (SSSR count). The molecule has 1 heterocycles. The Hall–Kier alpha value is -0.503. The smallest absolute Gasteiger partial charge is 0.106 e. The van der Waals surface area contributed by atoms with Gasteiger partial charge in [0, 0.05) is 6.42 Å². The molecule has 22 heavy (non-hydrogen) atoms. The fraction of sp³-hybridized carbons (Fsp3) is 0.800. The molecule has 0 aliphatic carbocycles. The molecule has 0 radical (unpaired) electrons. The van der Waals surface area contributed by atoms with Crippen LogP contribution in [0.15, 0.2) is 10.7 Å². The zero-order chi connectivity index (χ0) is 16.4. The number of furan rings is 1. The van der Waals surface area contributed by atoms with Crippen molar-refractivity contribution in [3.8, 4) is 0 Å². The van der Waals surface area contributed by atoms with Crippen LogP contribution in [0.3, 0.4) is 0 Å². The highest BCUT2D eigenvalue weighted by Gasteiger charge is 2.24. The van der Waals surface area contributed by atoms with Crippen LogP contribution in [0, 0.1) is 0 Å². The van der Waals surface area contributed by atoms with Gasteiger partial charge in [0.1, 0.15) is 5.76 Å². The van der Waals surface area contributed by atoms with Crippen LogP contribution in [0.5, 0.6) is 0 Å². The van der Waals surface area contributed by atoms with Crippen molar-refractivity contribution in [2.24, 2.45) is 0 Å². The molecule has 1 nitrogen and oxygen atoms in total. The summed E-state index contributed by atoms with van der Waals surface area (Å²) in [6, 6.07) is 0. The minimum atomic E-state index is -1.27. The lowest BCUT2D eigenvalue weighted by Crippen LogP contribution is -2.39. The lowest BCUT2D eigenvalue weighted by atomic mass is 10.0. The van der Waals surface area contributed by atoms with E-state index in [1.165, 1.54) is 70.0 Å². The number of unbranched alkanes of at least 4 members (excludes halogenated alkanes) is 7. The first-order valence-electron chi connectivity index (χ1n) is 9.60. The predicted octanol–water partition coefficient (Wildman–Crippen LogP) is 6.46. The third-order valence-electron chi connectivity index (χ3n) is 4.55. The maximum atomic E-state index is 5.92. The second kappa shape index (κ2) is 10.3. The fourth-order valence-corrected chi connectivity index (χ4v) is 4.78.